The third kappa shape index (κ3) is 4.25. The molecule has 0 bridgehead atoms. The Kier molecular flexibility index (Phi) is 5.90. The Morgan fingerprint density at radius 1 is 1.10 bits per heavy atom. The maximum absolute atomic E-state index is 12.8. The van der Waals surface area contributed by atoms with Gasteiger partial charge in [0.1, 0.15) is 0 Å². The van der Waals surface area contributed by atoms with E-state index in [1.54, 1.807) is 6.92 Å². The van der Waals surface area contributed by atoms with Crippen LogP contribution in [0.5, 0.6) is 0 Å². The first-order valence-electron chi connectivity index (χ1n) is 9.83. The van der Waals surface area contributed by atoms with Crippen molar-refractivity contribution in [3.8, 4) is 0 Å². The molecule has 0 spiro atoms. The monoisotopic (exact) mass is 442 g/mol. The molecule has 1 fully saturated rings. The number of rotatable bonds is 6. The van der Waals surface area contributed by atoms with Gasteiger partial charge in [-0.2, -0.15) is 4.31 Å². The molecule has 2 aromatic carbocycles. The minimum absolute atomic E-state index is 0.00245. The minimum Gasteiger partial charge on any atom is -0.454 e. The Hall–Kier alpha value is -3.01. The van der Waals surface area contributed by atoms with Crippen LogP contribution in [0.25, 0.3) is 10.9 Å². The summed E-state index contributed by atoms with van der Waals surface area (Å²) in [4.78, 5) is 28.4. The number of sulfonamides is 1. The quantitative estimate of drug-likeness (QED) is 0.465. The number of nitrogens with one attached hydrogen (secondary N) is 1. The Labute approximate surface area is 179 Å². The summed E-state index contributed by atoms with van der Waals surface area (Å²) in [5.41, 5.74) is 2.07. The second-order valence-corrected chi connectivity index (χ2v) is 9.15. The zero-order chi connectivity index (χ0) is 22.0. The van der Waals surface area contributed by atoms with E-state index >= 15 is 0 Å². The molecular weight excluding hydrogens is 420 g/mol. The van der Waals surface area contributed by atoms with Crippen molar-refractivity contribution >= 4 is 32.7 Å². The number of aromatic amines is 1. The van der Waals surface area contributed by atoms with Crippen LogP contribution in [0.1, 0.15) is 26.4 Å². The van der Waals surface area contributed by atoms with Gasteiger partial charge in [-0.15, -0.1) is 0 Å². The van der Waals surface area contributed by atoms with Gasteiger partial charge in [0.25, 0.3) is 0 Å². The number of Topliss-reactive ketones (excluding diaryl/α,β-unsaturated/α-hetero) is 1. The van der Waals surface area contributed by atoms with E-state index in [1.807, 2.05) is 24.3 Å². The van der Waals surface area contributed by atoms with Crippen molar-refractivity contribution < 1.29 is 27.5 Å². The smallest absolute Gasteiger partial charge is 0.338 e. The van der Waals surface area contributed by atoms with Gasteiger partial charge < -0.3 is 14.5 Å². The van der Waals surface area contributed by atoms with E-state index in [0.717, 1.165) is 10.9 Å². The van der Waals surface area contributed by atoms with Crippen LogP contribution in [-0.4, -0.2) is 62.4 Å². The first-order valence-corrected chi connectivity index (χ1v) is 11.3. The highest BCUT2D eigenvalue weighted by molar-refractivity contribution is 7.89. The third-order valence-corrected chi connectivity index (χ3v) is 7.08. The molecule has 8 nitrogen and oxygen atoms in total. The summed E-state index contributed by atoms with van der Waals surface area (Å²) < 4.78 is 37.3. The first-order chi connectivity index (χ1) is 14.9. The lowest BCUT2D eigenvalue weighted by Crippen LogP contribution is -2.40. The van der Waals surface area contributed by atoms with Crippen LogP contribution in [0.2, 0.25) is 0 Å². The molecule has 0 atom stereocenters. The zero-order valence-corrected chi connectivity index (χ0v) is 17.8. The van der Waals surface area contributed by atoms with E-state index in [-0.39, 0.29) is 29.3 Å². The number of nitrogens with zero attached hydrogens (tertiary/aromatic N) is 1. The van der Waals surface area contributed by atoms with Crippen molar-refractivity contribution in [3.63, 3.8) is 0 Å². The van der Waals surface area contributed by atoms with Crippen LogP contribution in [0.4, 0.5) is 0 Å². The molecule has 1 saturated heterocycles. The van der Waals surface area contributed by atoms with Gasteiger partial charge >= 0.3 is 5.97 Å². The predicted molar refractivity (Wildman–Crippen MR) is 114 cm³/mol. The molecule has 1 aromatic heterocycles. The van der Waals surface area contributed by atoms with E-state index in [1.165, 1.54) is 28.6 Å². The van der Waals surface area contributed by atoms with Crippen molar-refractivity contribution in [2.24, 2.45) is 0 Å². The summed E-state index contributed by atoms with van der Waals surface area (Å²) in [6.45, 7) is 2.52. The van der Waals surface area contributed by atoms with Crippen molar-refractivity contribution in [1.29, 1.82) is 0 Å². The number of H-pyrrole nitrogens is 1. The number of hydrogen-bond acceptors (Lipinski definition) is 6. The number of benzene rings is 2. The Balaban J connectivity index is 1.48. The van der Waals surface area contributed by atoms with Gasteiger partial charge in [0, 0.05) is 35.2 Å². The summed E-state index contributed by atoms with van der Waals surface area (Å²) in [5.74, 6) is -1.09. The Bertz CT molecular complexity index is 1240. The van der Waals surface area contributed by atoms with Gasteiger partial charge in [0.2, 0.25) is 15.8 Å². The second kappa shape index (κ2) is 8.62. The maximum atomic E-state index is 12.8. The summed E-state index contributed by atoms with van der Waals surface area (Å²) in [7, 11) is -3.74. The molecule has 0 amide bonds. The molecular formula is C22H22N2O6S. The highest BCUT2D eigenvalue weighted by Gasteiger charge is 2.27. The van der Waals surface area contributed by atoms with Crippen LogP contribution in [0, 0.1) is 6.92 Å². The number of carbonyl (C=O) groups excluding carboxylic acids is 2. The number of hydrogen-bond donors (Lipinski definition) is 1. The molecule has 0 saturated carbocycles. The lowest BCUT2D eigenvalue weighted by molar-refractivity contribution is 0.0474. The molecule has 1 N–H and O–H groups in total. The number of fused-ring (bicyclic) bond motifs is 1. The van der Waals surface area contributed by atoms with Crippen molar-refractivity contribution in [3.05, 3.63) is 65.4 Å². The van der Waals surface area contributed by atoms with E-state index in [0.29, 0.717) is 24.5 Å². The number of esters is 1. The average Bonchev–Trinajstić information content (AvgIpc) is 3.13. The summed E-state index contributed by atoms with van der Waals surface area (Å²) in [5, 5.41) is 0.764. The lowest BCUT2D eigenvalue weighted by atomic mass is 10.1. The number of aryl methyl sites for hydroxylation is 1. The fourth-order valence-electron chi connectivity index (χ4n) is 3.64. The standard InChI is InChI=1S/C22H22N2O6S/c1-15-21(18-7-2-3-8-19(18)23-15)20(25)14-30-22(26)16-5-4-6-17(13-16)31(27,28)24-9-11-29-12-10-24/h2-8,13,23H,9-12,14H2,1H3. The highest BCUT2D eigenvalue weighted by atomic mass is 32.2. The number of carbonyl (C=O) groups is 2. The maximum Gasteiger partial charge on any atom is 0.338 e. The number of ether oxygens (including phenoxy) is 2. The van der Waals surface area contributed by atoms with Crippen LogP contribution in [-0.2, 0) is 19.5 Å². The SMILES string of the molecule is Cc1[nH]c2ccccc2c1C(=O)COC(=O)c1cccc(S(=O)(=O)N2CCOCC2)c1. The molecule has 3 aromatic rings. The van der Waals surface area contributed by atoms with Crippen molar-refractivity contribution in [2.45, 2.75) is 11.8 Å². The van der Waals surface area contributed by atoms with Crippen LogP contribution in [0.3, 0.4) is 0 Å². The molecule has 1 aliphatic heterocycles. The first kappa shape index (κ1) is 21.2. The third-order valence-electron chi connectivity index (χ3n) is 5.18. The zero-order valence-electron chi connectivity index (χ0n) is 17.0. The minimum atomic E-state index is -3.74. The summed E-state index contributed by atoms with van der Waals surface area (Å²) >= 11 is 0. The topological polar surface area (TPSA) is 106 Å². The average molecular weight is 442 g/mol. The summed E-state index contributed by atoms with van der Waals surface area (Å²) in [6, 6.07) is 13.0. The van der Waals surface area contributed by atoms with Gasteiger partial charge in [-0.05, 0) is 31.2 Å². The van der Waals surface area contributed by atoms with E-state index in [2.05, 4.69) is 4.98 Å². The fraction of sp³-hybridized carbons (Fsp3) is 0.273. The van der Waals surface area contributed by atoms with Crippen LogP contribution < -0.4 is 0 Å². The lowest BCUT2D eigenvalue weighted by Gasteiger charge is -2.26. The largest absolute Gasteiger partial charge is 0.454 e. The Morgan fingerprint density at radius 2 is 1.84 bits per heavy atom. The molecule has 31 heavy (non-hydrogen) atoms. The molecule has 1 aliphatic rings. The highest BCUT2D eigenvalue weighted by Crippen LogP contribution is 2.23. The summed E-state index contributed by atoms with van der Waals surface area (Å²) in [6.07, 6.45) is 0. The van der Waals surface area contributed by atoms with Gasteiger partial charge in [-0.3, -0.25) is 4.79 Å². The molecule has 162 valence electrons. The van der Waals surface area contributed by atoms with Crippen LogP contribution in [0.15, 0.2) is 53.4 Å². The number of morpholine rings is 1. The van der Waals surface area contributed by atoms with Gasteiger partial charge in [0.05, 0.1) is 23.7 Å². The normalized spacial score (nSPS) is 15.1. The fourth-order valence-corrected chi connectivity index (χ4v) is 5.10. The molecule has 2 heterocycles. The van der Waals surface area contributed by atoms with E-state index in [9.17, 15) is 18.0 Å². The Morgan fingerprint density at radius 3 is 2.61 bits per heavy atom. The molecule has 0 unspecified atom stereocenters. The van der Waals surface area contributed by atoms with Crippen molar-refractivity contribution in [2.75, 3.05) is 32.9 Å². The second-order valence-electron chi connectivity index (χ2n) is 7.21. The molecule has 9 heteroatoms. The van der Waals surface area contributed by atoms with Gasteiger partial charge in [-0.25, -0.2) is 13.2 Å². The predicted octanol–water partition coefficient (Wildman–Crippen LogP) is 2.54. The number of ketones is 1. The van der Waals surface area contributed by atoms with Crippen LogP contribution >= 0.6 is 0 Å². The van der Waals surface area contributed by atoms with Crippen molar-refractivity contribution in [1.82, 2.24) is 9.29 Å². The molecule has 4 rings (SSSR count). The van der Waals surface area contributed by atoms with Gasteiger partial charge in [0.15, 0.2) is 6.61 Å². The van der Waals surface area contributed by atoms with Gasteiger partial charge in [-0.1, -0.05) is 24.3 Å². The molecule has 0 radical (unpaired) electrons. The number of para-hydroxylation sites is 1. The number of aromatic nitrogens is 1. The van der Waals surface area contributed by atoms with E-state index < -0.39 is 22.6 Å². The van der Waals surface area contributed by atoms with E-state index in [4.69, 9.17) is 9.47 Å². The molecule has 0 aliphatic carbocycles.